The molecule has 0 saturated heterocycles. The van der Waals surface area contributed by atoms with Gasteiger partial charge in [0.2, 0.25) is 0 Å². The summed E-state index contributed by atoms with van der Waals surface area (Å²) in [6.45, 7) is 3.71. The summed E-state index contributed by atoms with van der Waals surface area (Å²) < 4.78 is 24.8. The van der Waals surface area contributed by atoms with Crippen LogP contribution in [0.5, 0.6) is 17.2 Å². The van der Waals surface area contributed by atoms with Crippen molar-refractivity contribution < 1.29 is 18.7 Å². The number of nitrogens with zero attached hydrogens (tertiary/aromatic N) is 1. The molecule has 2 aromatic carbocycles. The zero-order valence-corrected chi connectivity index (χ0v) is 15.0. The summed E-state index contributed by atoms with van der Waals surface area (Å²) in [5.74, 6) is 0.763. The Balaban J connectivity index is 1.72. The second-order valence-electron chi connectivity index (χ2n) is 6.08. The molecule has 3 aromatic rings. The monoisotopic (exact) mass is 366 g/mol. The Hall–Kier alpha value is -3.41. The minimum atomic E-state index is -0.457. The average molecular weight is 366 g/mol. The Morgan fingerprint density at radius 3 is 2.52 bits per heavy atom. The van der Waals surface area contributed by atoms with E-state index in [1.54, 1.807) is 48.8 Å². The predicted molar refractivity (Wildman–Crippen MR) is 101 cm³/mol. The topological polar surface area (TPSA) is 60.5 Å². The summed E-state index contributed by atoms with van der Waals surface area (Å²) in [4.78, 5) is 16.5. The number of amides is 1. The molecule has 1 N–H and O–H groups in total. The molecule has 6 heteroatoms. The lowest BCUT2D eigenvalue weighted by Gasteiger charge is -2.15. The fourth-order valence-corrected chi connectivity index (χ4v) is 2.37. The molecule has 0 aliphatic carbocycles. The largest absolute Gasteiger partial charge is 0.489 e. The summed E-state index contributed by atoms with van der Waals surface area (Å²) in [5.41, 5.74) is 0.692. The number of rotatable bonds is 6. The highest BCUT2D eigenvalue weighted by atomic mass is 19.1. The second-order valence-corrected chi connectivity index (χ2v) is 6.08. The molecule has 5 nitrogen and oxygen atoms in total. The van der Waals surface area contributed by atoms with E-state index in [2.05, 4.69) is 10.3 Å². The number of pyridine rings is 1. The number of aromatic nitrogens is 1. The maximum absolute atomic E-state index is 13.6. The zero-order valence-electron chi connectivity index (χ0n) is 15.0. The van der Waals surface area contributed by atoms with Gasteiger partial charge in [0.25, 0.3) is 5.91 Å². The molecule has 3 rings (SSSR count). The summed E-state index contributed by atoms with van der Waals surface area (Å²) in [7, 11) is 0. The first-order chi connectivity index (χ1) is 13.0. The molecule has 0 spiro atoms. The lowest BCUT2D eigenvalue weighted by Crippen LogP contribution is -2.14. The van der Waals surface area contributed by atoms with Crippen molar-refractivity contribution >= 4 is 11.6 Å². The number of nitrogens with one attached hydrogen (secondary N) is 1. The third-order valence-electron chi connectivity index (χ3n) is 3.54. The Morgan fingerprint density at radius 1 is 1.07 bits per heavy atom. The van der Waals surface area contributed by atoms with E-state index in [-0.39, 0.29) is 17.7 Å². The Bertz CT molecular complexity index is 912. The fraction of sp³-hybridized carbons (Fsp3) is 0.143. The second kappa shape index (κ2) is 8.31. The number of halogens is 1. The number of hydrogen-bond acceptors (Lipinski definition) is 4. The zero-order chi connectivity index (χ0) is 19.2. The summed E-state index contributed by atoms with van der Waals surface area (Å²) >= 11 is 0. The number of hydrogen-bond donors (Lipinski definition) is 1. The van der Waals surface area contributed by atoms with Crippen molar-refractivity contribution in [1.29, 1.82) is 0 Å². The van der Waals surface area contributed by atoms with Crippen molar-refractivity contribution in [3.63, 3.8) is 0 Å². The molecule has 27 heavy (non-hydrogen) atoms. The SMILES string of the molecule is CC(C)Oc1ccc(F)cc1NC(=O)c1ccc(Oc2cccnc2)cc1. The maximum atomic E-state index is 13.6. The first kappa shape index (κ1) is 18.4. The van der Waals surface area contributed by atoms with E-state index >= 15 is 0 Å². The molecule has 0 saturated carbocycles. The van der Waals surface area contributed by atoms with Gasteiger partial charge in [0.15, 0.2) is 0 Å². The van der Waals surface area contributed by atoms with Gasteiger partial charge in [0, 0.05) is 17.8 Å². The van der Waals surface area contributed by atoms with E-state index in [4.69, 9.17) is 9.47 Å². The molecule has 138 valence electrons. The lowest BCUT2D eigenvalue weighted by atomic mass is 10.2. The molecule has 0 aliphatic rings. The lowest BCUT2D eigenvalue weighted by molar-refractivity contribution is 0.102. The molecule has 0 unspecified atom stereocenters. The van der Waals surface area contributed by atoms with E-state index in [9.17, 15) is 9.18 Å². The first-order valence-corrected chi connectivity index (χ1v) is 8.47. The van der Waals surface area contributed by atoms with Crippen molar-refractivity contribution in [3.8, 4) is 17.2 Å². The number of carbonyl (C=O) groups excluding carboxylic acids is 1. The minimum absolute atomic E-state index is 0.102. The van der Waals surface area contributed by atoms with Gasteiger partial charge in [-0.1, -0.05) is 0 Å². The van der Waals surface area contributed by atoms with Gasteiger partial charge in [-0.2, -0.15) is 0 Å². The predicted octanol–water partition coefficient (Wildman–Crippen LogP) is 5.05. The van der Waals surface area contributed by atoms with Gasteiger partial charge >= 0.3 is 0 Å². The van der Waals surface area contributed by atoms with Gasteiger partial charge < -0.3 is 14.8 Å². The number of anilines is 1. The molecule has 0 bridgehead atoms. The highest BCUT2D eigenvalue weighted by molar-refractivity contribution is 6.05. The molecular formula is C21H19FN2O3. The normalized spacial score (nSPS) is 10.5. The molecule has 0 atom stereocenters. The van der Waals surface area contributed by atoms with Crippen molar-refractivity contribution in [1.82, 2.24) is 4.98 Å². The van der Waals surface area contributed by atoms with E-state index in [0.29, 0.717) is 22.8 Å². The minimum Gasteiger partial charge on any atom is -0.489 e. The molecule has 0 aliphatic heterocycles. The van der Waals surface area contributed by atoms with Crippen LogP contribution in [0.2, 0.25) is 0 Å². The maximum Gasteiger partial charge on any atom is 0.255 e. The standard InChI is InChI=1S/C21H19FN2O3/c1-14(2)26-20-10-7-16(22)12-19(20)24-21(25)15-5-8-17(9-6-15)27-18-4-3-11-23-13-18/h3-14H,1-2H3,(H,24,25). The van der Waals surface area contributed by atoms with Crippen molar-refractivity contribution in [2.24, 2.45) is 0 Å². The molecule has 1 amide bonds. The summed E-state index contributed by atoms with van der Waals surface area (Å²) in [6, 6.07) is 14.2. The van der Waals surface area contributed by atoms with Crippen LogP contribution in [0, 0.1) is 5.82 Å². The molecule has 1 aromatic heterocycles. The van der Waals surface area contributed by atoms with Gasteiger partial charge in [0.05, 0.1) is 18.0 Å². The van der Waals surface area contributed by atoms with Crippen LogP contribution < -0.4 is 14.8 Å². The van der Waals surface area contributed by atoms with Crippen LogP contribution in [0.3, 0.4) is 0 Å². The fourth-order valence-electron chi connectivity index (χ4n) is 2.37. The third kappa shape index (κ3) is 5.04. The van der Waals surface area contributed by atoms with E-state index in [1.807, 2.05) is 13.8 Å². The molecule has 1 heterocycles. The highest BCUT2D eigenvalue weighted by Crippen LogP contribution is 2.27. The first-order valence-electron chi connectivity index (χ1n) is 8.47. The van der Waals surface area contributed by atoms with Gasteiger partial charge in [0.1, 0.15) is 23.1 Å². The van der Waals surface area contributed by atoms with Crippen LogP contribution in [-0.4, -0.2) is 17.0 Å². The van der Waals surface area contributed by atoms with Crippen LogP contribution in [-0.2, 0) is 0 Å². The van der Waals surface area contributed by atoms with Crippen LogP contribution in [0.1, 0.15) is 24.2 Å². The number of carbonyl (C=O) groups is 1. The quantitative estimate of drug-likeness (QED) is 0.663. The van der Waals surface area contributed by atoms with Crippen molar-refractivity contribution in [2.45, 2.75) is 20.0 Å². The molecular weight excluding hydrogens is 347 g/mol. The van der Waals surface area contributed by atoms with Crippen LogP contribution in [0.15, 0.2) is 67.0 Å². The number of benzene rings is 2. The molecule has 0 radical (unpaired) electrons. The Labute approximate surface area is 156 Å². The summed E-state index contributed by atoms with van der Waals surface area (Å²) in [5, 5.41) is 2.69. The van der Waals surface area contributed by atoms with E-state index in [0.717, 1.165) is 0 Å². The van der Waals surface area contributed by atoms with Gasteiger partial charge in [-0.05, 0) is 62.4 Å². The van der Waals surface area contributed by atoms with Crippen LogP contribution >= 0.6 is 0 Å². The van der Waals surface area contributed by atoms with Crippen molar-refractivity contribution in [2.75, 3.05) is 5.32 Å². The van der Waals surface area contributed by atoms with E-state index < -0.39 is 5.82 Å². The van der Waals surface area contributed by atoms with Gasteiger partial charge in [-0.3, -0.25) is 9.78 Å². The summed E-state index contributed by atoms with van der Waals surface area (Å²) in [6.07, 6.45) is 3.15. The average Bonchev–Trinajstić information content (AvgIpc) is 2.65. The third-order valence-corrected chi connectivity index (χ3v) is 3.54. The van der Waals surface area contributed by atoms with Gasteiger partial charge in [-0.15, -0.1) is 0 Å². The Kier molecular flexibility index (Phi) is 5.66. The highest BCUT2D eigenvalue weighted by Gasteiger charge is 2.12. The Morgan fingerprint density at radius 2 is 1.85 bits per heavy atom. The molecule has 0 fully saturated rings. The van der Waals surface area contributed by atoms with Gasteiger partial charge in [-0.25, -0.2) is 4.39 Å². The smallest absolute Gasteiger partial charge is 0.255 e. The van der Waals surface area contributed by atoms with E-state index in [1.165, 1.54) is 18.2 Å². The van der Waals surface area contributed by atoms with Crippen LogP contribution in [0.25, 0.3) is 0 Å². The van der Waals surface area contributed by atoms with Crippen molar-refractivity contribution in [3.05, 3.63) is 78.4 Å². The number of ether oxygens (including phenoxy) is 2. The van der Waals surface area contributed by atoms with Crippen LogP contribution in [0.4, 0.5) is 10.1 Å².